The van der Waals surface area contributed by atoms with Crippen LogP contribution in [0.15, 0.2) is 22.6 Å². The van der Waals surface area contributed by atoms with E-state index >= 15 is 0 Å². The van der Waals surface area contributed by atoms with E-state index < -0.39 is 17.5 Å². The molecule has 0 saturated heterocycles. The SMILES string of the molecule is Cc1nc(C(C)(C)C)oc1CC(=O)Nc1ccc(F)cc1F. The predicted octanol–water partition coefficient (Wildman–Crippen LogP) is 3.74. The van der Waals surface area contributed by atoms with Crippen LogP contribution in [-0.4, -0.2) is 10.9 Å². The van der Waals surface area contributed by atoms with Gasteiger partial charge in [-0.05, 0) is 19.1 Å². The fourth-order valence-corrected chi connectivity index (χ4v) is 1.84. The van der Waals surface area contributed by atoms with E-state index in [1.54, 1.807) is 6.92 Å². The van der Waals surface area contributed by atoms with E-state index in [4.69, 9.17) is 4.42 Å². The predicted molar refractivity (Wildman–Crippen MR) is 78.6 cm³/mol. The minimum absolute atomic E-state index is 0.0638. The lowest BCUT2D eigenvalue weighted by Crippen LogP contribution is -2.15. The summed E-state index contributed by atoms with van der Waals surface area (Å²) in [5.74, 6) is -0.995. The molecule has 0 unspecified atom stereocenters. The van der Waals surface area contributed by atoms with Gasteiger partial charge in [0.05, 0.1) is 17.8 Å². The average molecular weight is 308 g/mol. The van der Waals surface area contributed by atoms with Crippen molar-refractivity contribution in [1.29, 1.82) is 0 Å². The van der Waals surface area contributed by atoms with Gasteiger partial charge < -0.3 is 9.73 Å². The Morgan fingerprint density at radius 3 is 2.55 bits per heavy atom. The highest BCUT2D eigenvalue weighted by molar-refractivity contribution is 5.92. The highest BCUT2D eigenvalue weighted by Gasteiger charge is 2.23. The number of amides is 1. The van der Waals surface area contributed by atoms with Gasteiger partial charge in [-0.3, -0.25) is 4.79 Å². The molecule has 1 N–H and O–H groups in total. The van der Waals surface area contributed by atoms with E-state index in [2.05, 4.69) is 10.3 Å². The topological polar surface area (TPSA) is 55.1 Å². The second-order valence-corrected chi connectivity index (χ2v) is 6.13. The van der Waals surface area contributed by atoms with Crippen LogP contribution >= 0.6 is 0 Å². The summed E-state index contributed by atoms with van der Waals surface area (Å²) in [6.07, 6.45) is -0.0638. The van der Waals surface area contributed by atoms with Crippen molar-refractivity contribution in [3.8, 4) is 0 Å². The van der Waals surface area contributed by atoms with Crippen LogP contribution in [0.4, 0.5) is 14.5 Å². The number of aromatic nitrogens is 1. The Labute approximate surface area is 127 Å². The second-order valence-electron chi connectivity index (χ2n) is 6.13. The zero-order valence-electron chi connectivity index (χ0n) is 13.0. The van der Waals surface area contributed by atoms with Crippen LogP contribution in [0.5, 0.6) is 0 Å². The summed E-state index contributed by atoms with van der Waals surface area (Å²) in [5.41, 5.74) is 0.294. The normalized spacial score (nSPS) is 11.5. The van der Waals surface area contributed by atoms with Crippen LogP contribution in [0.3, 0.4) is 0 Å². The summed E-state index contributed by atoms with van der Waals surface area (Å²) < 4.78 is 31.9. The Balaban J connectivity index is 2.11. The number of hydrogen-bond donors (Lipinski definition) is 1. The van der Waals surface area contributed by atoms with E-state index in [0.29, 0.717) is 23.4 Å². The number of carbonyl (C=O) groups excluding carboxylic acids is 1. The lowest BCUT2D eigenvalue weighted by molar-refractivity contribution is -0.115. The van der Waals surface area contributed by atoms with Gasteiger partial charge in [-0.2, -0.15) is 0 Å². The van der Waals surface area contributed by atoms with Crippen molar-refractivity contribution >= 4 is 11.6 Å². The molecule has 4 nitrogen and oxygen atoms in total. The number of benzene rings is 1. The molecule has 0 aliphatic rings. The van der Waals surface area contributed by atoms with Crippen LogP contribution in [0, 0.1) is 18.6 Å². The number of hydrogen-bond acceptors (Lipinski definition) is 3. The van der Waals surface area contributed by atoms with Crippen molar-refractivity contribution in [2.75, 3.05) is 5.32 Å². The number of oxazole rings is 1. The molecule has 1 heterocycles. The lowest BCUT2D eigenvalue weighted by Gasteiger charge is -2.12. The van der Waals surface area contributed by atoms with Gasteiger partial charge in [0.15, 0.2) is 5.89 Å². The smallest absolute Gasteiger partial charge is 0.232 e. The summed E-state index contributed by atoms with van der Waals surface area (Å²) in [6, 6.07) is 2.97. The largest absolute Gasteiger partial charge is 0.444 e. The third kappa shape index (κ3) is 3.69. The highest BCUT2D eigenvalue weighted by Crippen LogP contribution is 2.24. The molecule has 118 valence electrons. The summed E-state index contributed by atoms with van der Waals surface area (Å²) in [7, 11) is 0. The molecule has 0 aliphatic carbocycles. The van der Waals surface area contributed by atoms with Gasteiger partial charge in [-0.25, -0.2) is 13.8 Å². The molecule has 0 spiro atoms. The third-order valence-electron chi connectivity index (χ3n) is 3.06. The van der Waals surface area contributed by atoms with Crippen LogP contribution in [0.1, 0.15) is 38.1 Å². The molecule has 22 heavy (non-hydrogen) atoms. The minimum atomic E-state index is -0.821. The number of nitrogens with zero attached hydrogens (tertiary/aromatic N) is 1. The Morgan fingerprint density at radius 2 is 2.00 bits per heavy atom. The first-order valence-corrected chi connectivity index (χ1v) is 6.88. The van der Waals surface area contributed by atoms with Gasteiger partial charge in [-0.15, -0.1) is 0 Å². The zero-order chi connectivity index (χ0) is 16.5. The van der Waals surface area contributed by atoms with Crippen molar-refractivity contribution in [1.82, 2.24) is 4.98 Å². The van der Waals surface area contributed by atoms with Gasteiger partial charge in [0, 0.05) is 11.5 Å². The molecule has 6 heteroatoms. The van der Waals surface area contributed by atoms with E-state index in [1.165, 1.54) is 6.07 Å². The molecule has 0 saturated carbocycles. The minimum Gasteiger partial charge on any atom is -0.444 e. The van der Waals surface area contributed by atoms with Crippen LogP contribution in [0.2, 0.25) is 0 Å². The molecule has 1 aromatic heterocycles. The first kappa shape index (κ1) is 16.1. The van der Waals surface area contributed by atoms with Crippen LogP contribution < -0.4 is 5.32 Å². The number of nitrogens with one attached hydrogen (secondary N) is 1. The van der Waals surface area contributed by atoms with E-state index in [1.807, 2.05) is 20.8 Å². The van der Waals surface area contributed by atoms with Gasteiger partial charge in [0.1, 0.15) is 17.4 Å². The molecule has 0 radical (unpaired) electrons. The molecule has 1 amide bonds. The molecular weight excluding hydrogens is 290 g/mol. The zero-order valence-corrected chi connectivity index (χ0v) is 13.0. The molecule has 0 fully saturated rings. The monoisotopic (exact) mass is 308 g/mol. The maximum absolute atomic E-state index is 13.5. The van der Waals surface area contributed by atoms with Gasteiger partial charge in [0.2, 0.25) is 5.91 Å². The van der Waals surface area contributed by atoms with Crippen LogP contribution in [0.25, 0.3) is 0 Å². The lowest BCUT2D eigenvalue weighted by atomic mass is 9.97. The van der Waals surface area contributed by atoms with Crippen molar-refractivity contribution in [3.63, 3.8) is 0 Å². The molecule has 0 aliphatic heterocycles. The van der Waals surface area contributed by atoms with E-state index in [9.17, 15) is 13.6 Å². The van der Waals surface area contributed by atoms with Crippen LogP contribution in [-0.2, 0) is 16.6 Å². The molecule has 1 aromatic carbocycles. The number of carbonyl (C=O) groups is 1. The summed E-state index contributed by atoms with van der Waals surface area (Å²) in [5, 5.41) is 2.39. The fourth-order valence-electron chi connectivity index (χ4n) is 1.84. The second kappa shape index (κ2) is 5.87. The van der Waals surface area contributed by atoms with E-state index in [0.717, 1.165) is 6.07 Å². The summed E-state index contributed by atoms with van der Waals surface area (Å²) in [6.45, 7) is 7.61. The molecule has 0 bridgehead atoms. The average Bonchev–Trinajstić information content (AvgIpc) is 2.74. The first-order chi connectivity index (χ1) is 10.2. The molecule has 2 rings (SSSR count). The maximum atomic E-state index is 13.5. The molecule has 0 atom stereocenters. The molecule has 2 aromatic rings. The first-order valence-electron chi connectivity index (χ1n) is 6.88. The summed E-state index contributed by atoms with van der Waals surface area (Å²) in [4.78, 5) is 16.3. The fraction of sp³-hybridized carbons (Fsp3) is 0.375. The number of aryl methyl sites for hydroxylation is 1. The Kier molecular flexibility index (Phi) is 4.30. The standard InChI is InChI=1S/C16H18F2N2O2/c1-9-13(22-15(19-9)16(2,3)4)8-14(21)20-12-6-5-10(17)7-11(12)18/h5-7H,8H2,1-4H3,(H,20,21). The third-order valence-corrected chi connectivity index (χ3v) is 3.06. The van der Waals surface area contributed by atoms with Crippen molar-refractivity contribution in [2.24, 2.45) is 0 Å². The van der Waals surface area contributed by atoms with Gasteiger partial charge in [0.25, 0.3) is 0 Å². The Morgan fingerprint density at radius 1 is 1.32 bits per heavy atom. The Bertz CT molecular complexity index is 703. The number of halogens is 2. The highest BCUT2D eigenvalue weighted by atomic mass is 19.1. The number of anilines is 1. The van der Waals surface area contributed by atoms with Crippen molar-refractivity contribution < 1.29 is 18.0 Å². The Hall–Kier alpha value is -2.24. The summed E-state index contributed by atoms with van der Waals surface area (Å²) >= 11 is 0. The quantitative estimate of drug-likeness (QED) is 0.939. The number of rotatable bonds is 3. The maximum Gasteiger partial charge on any atom is 0.232 e. The molecular formula is C16H18F2N2O2. The van der Waals surface area contributed by atoms with E-state index in [-0.39, 0.29) is 17.5 Å². The van der Waals surface area contributed by atoms with Gasteiger partial charge in [-0.1, -0.05) is 20.8 Å². The van der Waals surface area contributed by atoms with Gasteiger partial charge >= 0.3 is 0 Å². The van der Waals surface area contributed by atoms with Crippen molar-refractivity contribution in [3.05, 3.63) is 47.2 Å². The van der Waals surface area contributed by atoms with Crippen molar-refractivity contribution in [2.45, 2.75) is 39.5 Å².